The molecular weight excluding hydrogens is 350 g/mol. The lowest BCUT2D eigenvalue weighted by molar-refractivity contribution is 0.0950. The van der Waals surface area contributed by atoms with Crippen LogP contribution in [0.1, 0.15) is 42.1 Å². The molecule has 0 unspecified atom stereocenters. The molecule has 2 N–H and O–H groups in total. The molecule has 1 aromatic carbocycles. The van der Waals surface area contributed by atoms with Crippen LogP contribution in [0.4, 0.5) is 0 Å². The van der Waals surface area contributed by atoms with E-state index >= 15 is 0 Å². The van der Waals surface area contributed by atoms with Crippen LogP contribution in [0.25, 0.3) is 0 Å². The standard InChI is InChI=1S/C19H31N3O3S/c1-16-9-14-22(15-10-16)13-3-11-20-19(23)18-6-4-17(5-7-18)8-12-21-26(2,24)25/h4-7,16,21H,3,8-15H2,1-2H3,(H,20,23). The maximum atomic E-state index is 12.2. The smallest absolute Gasteiger partial charge is 0.251 e. The zero-order valence-electron chi connectivity index (χ0n) is 15.8. The summed E-state index contributed by atoms with van der Waals surface area (Å²) in [5.74, 6) is 0.786. The number of rotatable bonds is 9. The molecule has 1 saturated heterocycles. The molecule has 0 spiro atoms. The second kappa shape index (κ2) is 10.0. The van der Waals surface area contributed by atoms with E-state index in [1.807, 2.05) is 12.1 Å². The molecule has 1 fully saturated rings. The second-order valence-electron chi connectivity index (χ2n) is 7.25. The van der Waals surface area contributed by atoms with Crippen LogP contribution in [-0.4, -0.2) is 58.2 Å². The number of nitrogens with zero attached hydrogens (tertiary/aromatic N) is 1. The number of nitrogens with one attached hydrogen (secondary N) is 2. The Labute approximate surface area is 157 Å². The van der Waals surface area contributed by atoms with Gasteiger partial charge in [-0.25, -0.2) is 13.1 Å². The molecule has 1 aromatic rings. The van der Waals surface area contributed by atoms with Crippen molar-refractivity contribution in [2.45, 2.75) is 32.6 Å². The van der Waals surface area contributed by atoms with Crippen LogP contribution < -0.4 is 10.0 Å². The first-order valence-electron chi connectivity index (χ1n) is 9.37. The highest BCUT2D eigenvalue weighted by atomic mass is 32.2. The molecule has 0 aliphatic carbocycles. The zero-order valence-corrected chi connectivity index (χ0v) is 16.6. The largest absolute Gasteiger partial charge is 0.352 e. The van der Waals surface area contributed by atoms with Gasteiger partial charge in [0.1, 0.15) is 0 Å². The van der Waals surface area contributed by atoms with Crippen molar-refractivity contribution in [2.24, 2.45) is 5.92 Å². The molecule has 0 radical (unpaired) electrons. The summed E-state index contributed by atoms with van der Waals surface area (Å²) < 4.78 is 24.5. The highest BCUT2D eigenvalue weighted by molar-refractivity contribution is 7.88. The minimum atomic E-state index is -3.16. The Hall–Kier alpha value is -1.44. The van der Waals surface area contributed by atoms with E-state index in [4.69, 9.17) is 0 Å². The van der Waals surface area contributed by atoms with E-state index in [0.717, 1.165) is 30.7 Å². The first-order valence-corrected chi connectivity index (χ1v) is 11.3. The fraction of sp³-hybridized carbons (Fsp3) is 0.632. The molecule has 1 aliphatic heterocycles. The van der Waals surface area contributed by atoms with Gasteiger partial charge in [0.15, 0.2) is 0 Å². The Morgan fingerprint density at radius 3 is 2.42 bits per heavy atom. The van der Waals surface area contributed by atoms with Crippen molar-refractivity contribution in [3.05, 3.63) is 35.4 Å². The number of likely N-dealkylation sites (tertiary alicyclic amines) is 1. The summed E-state index contributed by atoms with van der Waals surface area (Å²) in [6.45, 7) is 6.74. The summed E-state index contributed by atoms with van der Waals surface area (Å²) in [5, 5.41) is 2.97. The number of hydrogen-bond acceptors (Lipinski definition) is 4. The Bertz CT molecular complexity index is 666. The Kier molecular flexibility index (Phi) is 8.06. The summed E-state index contributed by atoms with van der Waals surface area (Å²) in [4.78, 5) is 14.7. The second-order valence-corrected chi connectivity index (χ2v) is 9.08. The summed E-state index contributed by atoms with van der Waals surface area (Å²) >= 11 is 0. The number of benzene rings is 1. The van der Waals surface area contributed by atoms with Gasteiger partial charge in [-0.1, -0.05) is 19.1 Å². The lowest BCUT2D eigenvalue weighted by Crippen LogP contribution is -2.35. The molecule has 2 rings (SSSR count). The van der Waals surface area contributed by atoms with Gasteiger partial charge >= 0.3 is 0 Å². The predicted octanol–water partition coefficient (Wildman–Crippen LogP) is 1.63. The van der Waals surface area contributed by atoms with E-state index in [2.05, 4.69) is 21.9 Å². The van der Waals surface area contributed by atoms with Gasteiger partial charge in [0.25, 0.3) is 5.91 Å². The summed E-state index contributed by atoms with van der Waals surface area (Å²) in [5.41, 5.74) is 1.63. The molecule has 7 heteroatoms. The van der Waals surface area contributed by atoms with E-state index in [-0.39, 0.29) is 5.91 Å². The van der Waals surface area contributed by atoms with Crippen LogP contribution in [0.2, 0.25) is 0 Å². The molecule has 6 nitrogen and oxygen atoms in total. The third kappa shape index (κ3) is 7.85. The number of hydrogen-bond donors (Lipinski definition) is 2. The molecule has 1 aliphatic rings. The fourth-order valence-electron chi connectivity index (χ4n) is 3.10. The summed E-state index contributed by atoms with van der Waals surface area (Å²) in [6, 6.07) is 7.32. The third-order valence-corrected chi connectivity index (χ3v) is 5.54. The number of carbonyl (C=O) groups is 1. The van der Waals surface area contributed by atoms with Gasteiger partial charge in [-0.05, 0) is 68.9 Å². The minimum Gasteiger partial charge on any atom is -0.352 e. The molecule has 0 aromatic heterocycles. The highest BCUT2D eigenvalue weighted by Crippen LogP contribution is 2.15. The molecule has 1 amide bonds. The van der Waals surface area contributed by atoms with Crippen molar-refractivity contribution >= 4 is 15.9 Å². The maximum Gasteiger partial charge on any atom is 0.251 e. The van der Waals surface area contributed by atoms with Gasteiger partial charge < -0.3 is 10.2 Å². The Morgan fingerprint density at radius 2 is 1.81 bits per heavy atom. The number of carbonyl (C=O) groups excluding carboxylic acids is 1. The van der Waals surface area contributed by atoms with Crippen LogP contribution in [-0.2, 0) is 16.4 Å². The molecule has 26 heavy (non-hydrogen) atoms. The number of amides is 1. The van der Waals surface area contributed by atoms with Crippen LogP contribution in [0, 0.1) is 5.92 Å². The molecular formula is C19H31N3O3S. The maximum absolute atomic E-state index is 12.2. The van der Waals surface area contributed by atoms with Crippen LogP contribution in [0.5, 0.6) is 0 Å². The third-order valence-electron chi connectivity index (χ3n) is 4.81. The van der Waals surface area contributed by atoms with E-state index in [1.165, 1.54) is 25.9 Å². The first-order chi connectivity index (χ1) is 12.3. The number of sulfonamides is 1. The predicted molar refractivity (Wildman–Crippen MR) is 105 cm³/mol. The van der Waals surface area contributed by atoms with E-state index in [1.54, 1.807) is 12.1 Å². The SMILES string of the molecule is CC1CCN(CCCNC(=O)c2ccc(CCNS(C)(=O)=O)cc2)CC1. The topological polar surface area (TPSA) is 78.5 Å². The molecule has 0 bridgehead atoms. The quantitative estimate of drug-likeness (QED) is 0.637. The van der Waals surface area contributed by atoms with Crippen LogP contribution in [0.15, 0.2) is 24.3 Å². The molecule has 0 saturated carbocycles. The van der Waals surface area contributed by atoms with Crippen molar-refractivity contribution in [1.82, 2.24) is 14.9 Å². The number of piperidine rings is 1. The Balaban J connectivity index is 1.65. The zero-order chi connectivity index (χ0) is 19.0. The van der Waals surface area contributed by atoms with Crippen molar-refractivity contribution in [1.29, 1.82) is 0 Å². The molecule has 146 valence electrons. The van der Waals surface area contributed by atoms with Gasteiger partial charge in [0.05, 0.1) is 6.26 Å². The van der Waals surface area contributed by atoms with Crippen molar-refractivity contribution in [2.75, 3.05) is 39.0 Å². The highest BCUT2D eigenvalue weighted by Gasteiger charge is 2.15. The van der Waals surface area contributed by atoms with Crippen LogP contribution in [0.3, 0.4) is 0 Å². The van der Waals surface area contributed by atoms with Gasteiger partial charge in [0.2, 0.25) is 10.0 Å². The average Bonchev–Trinajstić information content (AvgIpc) is 2.59. The lowest BCUT2D eigenvalue weighted by atomic mass is 9.99. The normalized spacial score (nSPS) is 16.5. The van der Waals surface area contributed by atoms with Gasteiger partial charge in [-0.3, -0.25) is 4.79 Å². The summed E-state index contributed by atoms with van der Waals surface area (Å²) in [6.07, 6.45) is 5.27. The van der Waals surface area contributed by atoms with Gasteiger partial charge in [-0.15, -0.1) is 0 Å². The molecule has 0 atom stereocenters. The van der Waals surface area contributed by atoms with Crippen molar-refractivity contribution in [3.8, 4) is 0 Å². The minimum absolute atomic E-state index is 0.0573. The Morgan fingerprint density at radius 1 is 1.15 bits per heavy atom. The summed E-state index contributed by atoms with van der Waals surface area (Å²) in [7, 11) is -3.16. The van der Waals surface area contributed by atoms with E-state index in [0.29, 0.717) is 25.1 Å². The van der Waals surface area contributed by atoms with Gasteiger partial charge in [0, 0.05) is 18.7 Å². The van der Waals surface area contributed by atoms with Crippen LogP contribution >= 0.6 is 0 Å². The van der Waals surface area contributed by atoms with Crippen molar-refractivity contribution in [3.63, 3.8) is 0 Å². The molecule has 1 heterocycles. The monoisotopic (exact) mass is 381 g/mol. The fourth-order valence-corrected chi connectivity index (χ4v) is 3.57. The van der Waals surface area contributed by atoms with E-state index < -0.39 is 10.0 Å². The van der Waals surface area contributed by atoms with E-state index in [9.17, 15) is 13.2 Å². The lowest BCUT2D eigenvalue weighted by Gasteiger charge is -2.30. The average molecular weight is 382 g/mol. The van der Waals surface area contributed by atoms with Gasteiger partial charge in [-0.2, -0.15) is 0 Å². The first kappa shape index (κ1) is 20.9. The van der Waals surface area contributed by atoms with Crippen molar-refractivity contribution < 1.29 is 13.2 Å².